The fourth-order valence-electron chi connectivity index (χ4n) is 1.50. The van der Waals surface area contributed by atoms with Gasteiger partial charge in [0.05, 0.1) is 11.2 Å². The molecule has 0 aliphatic carbocycles. The Balaban J connectivity index is 2.02. The molecule has 0 atom stereocenters. The molecule has 1 aromatic carbocycles. The van der Waals surface area contributed by atoms with Gasteiger partial charge in [0.15, 0.2) is 0 Å². The normalized spacial score (nSPS) is 11.6. The Labute approximate surface area is 114 Å². The maximum absolute atomic E-state index is 12.0. The van der Waals surface area contributed by atoms with Crippen LogP contribution in [0.3, 0.4) is 0 Å². The Morgan fingerprint density at radius 1 is 1.17 bits per heavy atom. The number of sulfonamides is 1. The zero-order valence-electron chi connectivity index (χ0n) is 9.47. The minimum Gasteiger partial charge on any atom is -0.469 e. The lowest BCUT2D eigenvalue weighted by Crippen LogP contribution is -2.26. The first-order valence-corrected chi connectivity index (χ1v) is 7.64. The summed E-state index contributed by atoms with van der Waals surface area (Å²) in [6, 6.07) is 10.3. The Morgan fingerprint density at radius 3 is 2.61 bits per heavy atom. The van der Waals surface area contributed by atoms with E-state index in [0.29, 0.717) is 17.4 Å². The fraction of sp³-hybridized carbons (Fsp3) is 0.167. The summed E-state index contributed by atoms with van der Waals surface area (Å²) >= 11 is 3.23. The van der Waals surface area contributed by atoms with Crippen LogP contribution in [-0.2, 0) is 16.4 Å². The van der Waals surface area contributed by atoms with E-state index in [1.165, 1.54) is 0 Å². The lowest BCUT2D eigenvalue weighted by atomic mass is 10.3. The first-order valence-electron chi connectivity index (χ1n) is 5.36. The summed E-state index contributed by atoms with van der Waals surface area (Å²) < 4.78 is 32.2. The molecule has 0 saturated carbocycles. The number of hydrogen-bond acceptors (Lipinski definition) is 3. The minimum atomic E-state index is -3.48. The van der Waals surface area contributed by atoms with Gasteiger partial charge in [0, 0.05) is 17.4 Å². The van der Waals surface area contributed by atoms with Crippen molar-refractivity contribution in [3.63, 3.8) is 0 Å². The number of benzene rings is 1. The molecule has 6 heteroatoms. The molecule has 96 valence electrons. The number of nitrogens with one attached hydrogen (secondary N) is 1. The highest BCUT2D eigenvalue weighted by Crippen LogP contribution is 2.20. The van der Waals surface area contributed by atoms with Gasteiger partial charge in [-0.2, -0.15) is 0 Å². The van der Waals surface area contributed by atoms with Crippen LogP contribution in [0.15, 0.2) is 56.4 Å². The standard InChI is InChI=1S/C12H12BrNO3S/c13-11-5-1-2-6-12(11)18(15,16)14-8-7-10-4-3-9-17-10/h1-6,9,14H,7-8H2. The molecule has 0 radical (unpaired) electrons. The van der Waals surface area contributed by atoms with Gasteiger partial charge >= 0.3 is 0 Å². The Kier molecular flexibility index (Phi) is 4.21. The van der Waals surface area contributed by atoms with Gasteiger partial charge in [0.25, 0.3) is 0 Å². The minimum absolute atomic E-state index is 0.240. The highest BCUT2D eigenvalue weighted by molar-refractivity contribution is 9.10. The molecule has 0 fully saturated rings. The summed E-state index contributed by atoms with van der Waals surface area (Å²) in [5, 5.41) is 0. The van der Waals surface area contributed by atoms with E-state index in [9.17, 15) is 8.42 Å². The predicted molar refractivity (Wildman–Crippen MR) is 71.7 cm³/mol. The molecule has 0 spiro atoms. The Bertz CT molecular complexity index is 608. The van der Waals surface area contributed by atoms with E-state index >= 15 is 0 Å². The molecule has 0 aliphatic heterocycles. The van der Waals surface area contributed by atoms with E-state index < -0.39 is 10.0 Å². The van der Waals surface area contributed by atoms with Gasteiger partial charge in [-0.1, -0.05) is 12.1 Å². The summed E-state index contributed by atoms with van der Waals surface area (Å²) in [6.07, 6.45) is 2.09. The van der Waals surface area contributed by atoms with Crippen LogP contribution in [0.1, 0.15) is 5.76 Å². The van der Waals surface area contributed by atoms with E-state index in [4.69, 9.17) is 4.42 Å². The average molecular weight is 330 g/mol. The van der Waals surface area contributed by atoms with Gasteiger partial charge in [-0.3, -0.25) is 0 Å². The smallest absolute Gasteiger partial charge is 0.241 e. The third-order valence-corrected chi connectivity index (χ3v) is 4.84. The first-order chi connectivity index (χ1) is 8.59. The van der Waals surface area contributed by atoms with Crippen LogP contribution >= 0.6 is 15.9 Å². The molecule has 0 saturated heterocycles. The summed E-state index contributed by atoms with van der Waals surface area (Å²) in [5.74, 6) is 0.754. The van der Waals surface area contributed by atoms with E-state index in [2.05, 4.69) is 20.7 Å². The van der Waals surface area contributed by atoms with E-state index in [1.54, 1.807) is 36.6 Å². The van der Waals surface area contributed by atoms with Crippen LogP contribution in [0.4, 0.5) is 0 Å². The zero-order valence-corrected chi connectivity index (χ0v) is 11.9. The maximum atomic E-state index is 12.0. The highest BCUT2D eigenvalue weighted by Gasteiger charge is 2.16. The van der Waals surface area contributed by atoms with Crippen molar-refractivity contribution < 1.29 is 12.8 Å². The van der Waals surface area contributed by atoms with Crippen molar-refractivity contribution in [2.24, 2.45) is 0 Å². The molecule has 0 unspecified atom stereocenters. The van der Waals surface area contributed by atoms with Crippen LogP contribution in [0.2, 0.25) is 0 Å². The molecule has 0 amide bonds. The van der Waals surface area contributed by atoms with E-state index in [-0.39, 0.29) is 4.90 Å². The molecule has 2 rings (SSSR count). The Morgan fingerprint density at radius 2 is 1.94 bits per heavy atom. The highest BCUT2D eigenvalue weighted by atomic mass is 79.9. The SMILES string of the molecule is O=S(=O)(NCCc1ccco1)c1ccccc1Br. The van der Waals surface area contributed by atoms with E-state index in [1.807, 2.05) is 6.07 Å². The monoisotopic (exact) mass is 329 g/mol. The molecule has 1 heterocycles. The molecule has 1 N–H and O–H groups in total. The zero-order chi connectivity index (χ0) is 13.0. The van der Waals surface area contributed by atoms with Crippen LogP contribution < -0.4 is 4.72 Å². The molecule has 0 aliphatic rings. The molecule has 0 bridgehead atoms. The van der Waals surface area contributed by atoms with Crippen molar-refractivity contribution in [2.45, 2.75) is 11.3 Å². The summed E-state index contributed by atoms with van der Waals surface area (Å²) in [5.41, 5.74) is 0. The average Bonchev–Trinajstić information content (AvgIpc) is 2.82. The fourth-order valence-corrected chi connectivity index (χ4v) is 3.54. The summed E-state index contributed by atoms with van der Waals surface area (Å²) in [4.78, 5) is 0.240. The molecule has 4 nitrogen and oxygen atoms in total. The van der Waals surface area contributed by atoms with Crippen LogP contribution in [-0.4, -0.2) is 15.0 Å². The quantitative estimate of drug-likeness (QED) is 0.917. The van der Waals surface area contributed by atoms with Gasteiger partial charge < -0.3 is 4.42 Å². The third-order valence-electron chi connectivity index (χ3n) is 2.37. The van der Waals surface area contributed by atoms with Gasteiger partial charge in [-0.15, -0.1) is 0 Å². The van der Waals surface area contributed by atoms with Crippen molar-refractivity contribution in [3.8, 4) is 0 Å². The van der Waals surface area contributed by atoms with Gasteiger partial charge in [0.1, 0.15) is 5.76 Å². The van der Waals surface area contributed by atoms with Gasteiger partial charge in [0.2, 0.25) is 10.0 Å². The summed E-state index contributed by atoms with van der Waals surface area (Å²) in [7, 11) is -3.48. The van der Waals surface area contributed by atoms with Crippen LogP contribution in [0.5, 0.6) is 0 Å². The van der Waals surface area contributed by atoms with Crippen molar-refractivity contribution >= 4 is 26.0 Å². The summed E-state index contributed by atoms with van der Waals surface area (Å²) in [6.45, 7) is 0.303. The van der Waals surface area contributed by atoms with Crippen molar-refractivity contribution in [1.82, 2.24) is 4.72 Å². The second kappa shape index (κ2) is 5.69. The van der Waals surface area contributed by atoms with Crippen molar-refractivity contribution in [1.29, 1.82) is 0 Å². The van der Waals surface area contributed by atoms with Gasteiger partial charge in [-0.05, 0) is 40.2 Å². The molecule has 18 heavy (non-hydrogen) atoms. The maximum Gasteiger partial charge on any atom is 0.241 e. The lowest BCUT2D eigenvalue weighted by molar-refractivity contribution is 0.506. The largest absolute Gasteiger partial charge is 0.469 e. The molecule has 1 aromatic heterocycles. The number of furan rings is 1. The second-order valence-electron chi connectivity index (χ2n) is 3.66. The molecule has 2 aromatic rings. The van der Waals surface area contributed by atoms with Crippen molar-refractivity contribution in [2.75, 3.05) is 6.54 Å². The third kappa shape index (κ3) is 3.22. The van der Waals surface area contributed by atoms with Crippen LogP contribution in [0.25, 0.3) is 0 Å². The Hall–Kier alpha value is -1.11. The van der Waals surface area contributed by atoms with E-state index in [0.717, 1.165) is 5.76 Å². The molecular formula is C12H12BrNO3S. The first kappa shape index (κ1) is 13.3. The van der Waals surface area contributed by atoms with Crippen LogP contribution in [0, 0.1) is 0 Å². The topological polar surface area (TPSA) is 59.3 Å². The van der Waals surface area contributed by atoms with Crippen molar-refractivity contribution in [3.05, 3.63) is 52.9 Å². The number of rotatable bonds is 5. The second-order valence-corrected chi connectivity index (χ2v) is 6.25. The molecular weight excluding hydrogens is 318 g/mol. The number of halogens is 1. The number of hydrogen-bond donors (Lipinski definition) is 1. The van der Waals surface area contributed by atoms with Gasteiger partial charge in [-0.25, -0.2) is 13.1 Å². The predicted octanol–water partition coefficient (Wildman–Crippen LogP) is 2.56. The lowest BCUT2D eigenvalue weighted by Gasteiger charge is -2.07.